The number of carbonyl (C=O) groups excluding carboxylic acids is 2. The topological polar surface area (TPSA) is 76.5 Å². The van der Waals surface area contributed by atoms with Gasteiger partial charge >= 0.3 is 6.09 Å². The molecule has 146 valence electrons. The van der Waals surface area contributed by atoms with Crippen molar-refractivity contribution in [1.82, 2.24) is 20.0 Å². The molecular weight excluding hydrogens is 332 g/mol. The van der Waals surface area contributed by atoms with Crippen molar-refractivity contribution < 1.29 is 14.3 Å². The predicted molar refractivity (Wildman–Crippen MR) is 100 cm³/mol. The van der Waals surface area contributed by atoms with Gasteiger partial charge in [-0.25, -0.2) is 4.79 Å². The quantitative estimate of drug-likeness (QED) is 0.893. The van der Waals surface area contributed by atoms with Crippen molar-refractivity contribution in [1.29, 1.82) is 0 Å². The van der Waals surface area contributed by atoms with Crippen LogP contribution in [0.4, 0.5) is 4.79 Å². The Morgan fingerprint density at radius 3 is 2.35 bits per heavy atom. The number of carbonyl (C=O) groups is 2. The second kappa shape index (κ2) is 7.29. The van der Waals surface area contributed by atoms with E-state index < -0.39 is 5.60 Å². The van der Waals surface area contributed by atoms with Crippen LogP contribution >= 0.6 is 0 Å². The zero-order valence-electron chi connectivity index (χ0n) is 17.0. The highest BCUT2D eigenvalue weighted by Crippen LogP contribution is 2.24. The van der Waals surface area contributed by atoms with Gasteiger partial charge in [-0.2, -0.15) is 5.10 Å². The highest BCUT2D eigenvalue weighted by Gasteiger charge is 2.35. The van der Waals surface area contributed by atoms with Crippen LogP contribution in [-0.4, -0.2) is 50.9 Å². The Morgan fingerprint density at radius 2 is 1.85 bits per heavy atom. The molecule has 2 rings (SSSR count). The van der Waals surface area contributed by atoms with Gasteiger partial charge in [0.1, 0.15) is 11.3 Å². The zero-order chi connectivity index (χ0) is 19.7. The predicted octanol–water partition coefficient (Wildman–Crippen LogP) is 3.29. The third kappa shape index (κ3) is 4.77. The lowest BCUT2D eigenvalue weighted by Gasteiger charge is -2.40. The van der Waals surface area contributed by atoms with Crippen molar-refractivity contribution in [2.75, 3.05) is 13.1 Å². The number of amides is 2. The summed E-state index contributed by atoms with van der Waals surface area (Å²) >= 11 is 0. The average molecular weight is 364 g/mol. The maximum atomic E-state index is 12.9. The molecule has 0 radical (unpaired) electrons. The number of aromatic nitrogens is 2. The van der Waals surface area contributed by atoms with E-state index in [-0.39, 0.29) is 23.6 Å². The molecule has 1 N–H and O–H groups in total. The first-order chi connectivity index (χ1) is 11.9. The lowest BCUT2D eigenvalue weighted by molar-refractivity contribution is 0.0160. The molecule has 0 spiro atoms. The van der Waals surface area contributed by atoms with Gasteiger partial charge in [-0.05, 0) is 66.9 Å². The molecule has 2 amide bonds. The smallest absolute Gasteiger partial charge is 0.410 e. The summed E-state index contributed by atoms with van der Waals surface area (Å²) < 4.78 is 7.19. The lowest BCUT2D eigenvalue weighted by atomic mass is 9.89. The largest absolute Gasteiger partial charge is 0.444 e. The molecule has 2 heterocycles. The van der Waals surface area contributed by atoms with Crippen LogP contribution in [0.1, 0.15) is 76.5 Å². The summed E-state index contributed by atoms with van der Waals surface area (Å²) in [5, 5.41) is 7.47. The number of nitrogens with zero attached hydrogens (tertiary/aromatic N) is 3. The van der Waals surface area contributed by atoms with Crippen molar-refractivity contribution in [3.63, 3.8) is 0 Å². The lowest BCUT2D eigenvalue weighted by Crippen LogP contribution is -2.55. The van der Waals surface area contributed by atoms with Crippen LogP contribution in [0, 0.1) is 6.92 Å². The molecule has 0 unspecified atom stereocenters. The van der Waals surface area contributed by atoms with Gasteiger partial charge in [0.25, 0.3) is 5.91 Å². The molecule has 7 heteroatoms. The average Bonchev–Trinajstić information content (AvgIpc) is 2.87. The van der Waals surface area contributed by atoms with Gasteiger partial charge in [0.15, 0.2) is 0 Å². The van der Waals surface area contributed by atoms with Crippen molar-refractivity contribution >= 4 is 12.0 Å². The fraction of sp³-hybridized carbons (Fsp3) is 0.737. The van der Waals surface area contributed by atoms with Gasteiger partial charge < -0.3 is 15.0 Å². The van der Waals surface area contributed by atoms with Gasteiger partial charge in [-0.3, -0.25) is 9.48 Å². The number of likely N-dealkylation sites (tertiary alicyclic amines) is 1. The van der Waals surface area contributed by atoms with E-state index in [2.05, 4.69) is 10.4 Å². The monoisotopic (exact) mass is 364 g/mol. The first-order valence-electron chi connectivity index (χ1n) is 9.26. The van der Waals surface area contributed by atoms with Gasteiger partial charge in [0.2, 0.25) is 0 Å². The first-order valence-corrected chi connectivity index (χ1v) is 9.26. The summed E-state index contributed by atoms with van der Waals surface area (Å²) in [6.07, 6.45) is 2.81. The molecule has 7 nitrogen and oxygen atoms in total. The van der Waals surface area contributed by atoms with E-state index in [1.807, 2.05) is 48.5 Å². The molecule has 1 aromatic rings. The standard InChI is InChI=1S/C19H32N4O3/c1-13(2)23-15(14(3)12-20-23)16(24)21-19(7)8-10-22(11-9-19)17(25)26-18(4,5)6/h12-13H,8-11H2,1-7H3,(H,21,24). The van der Waals surface area contributed by atoms with Crippen LogP contribution in [0.25, 0.3) is 0 Å². The third-order valence-electron chi connectivity index (χ3n) is 4.62. The Kier molecular flexibility index (Phi) is 5.68. The van der Waals surface area contributed by atoms with Crippen LogP contribution in [0.5, 0.6) is 0 Å². The van der Waals surface area contributed by atoms with Crippen molar-refractivity contribution in [2.45, 2.75) is 78.5 Å². The van der Waals surface area contributed by atoms with Gasteiger partial charge in [-0.15, -0.1) is 0 Å². The van der Waals surface area contributed by atoms with Crippen LogP contribution in [0.2, 0.25) is 0 Å². The fourth-order valence-electron chi connectivity index (χ4n) is 3.09. The summed E-state index contributed by atoms with van der Waals surface area (Å²) in [4.78, 5) is 26.8. The number of hydrogen-bond acceptors (Lipinski definition) is 4. The van der Waals surface area contributed by atoms with Crippen molar-refractivity contribution in [3.8, 4) is 0 Å². The van der Waals surface area contributed by atoms with E-state index in [1.165, 1.54) is 0 Å². The normalized spacial score (nSPS) is 17.3. The molecule has 0 aromatic carbocycles. The van der Waals surface area contributed by atoms with E-state index in [1.54, 1.807) is 15.8 Å². The first kappa shape index (κ1) is 20.3. The minimum atomic E-state index is -0.501. The molecule has 1 aliphatic rings. The van der Waals surface area contributed by atoms with Crippen LogP contribution in [-0.2, 0) is 4.74 Å². The summed E-state index contributed by atoms with van der Waals surface area (Å²) in [5.74, 6) is -0.109. The second-order valence-electron chi connectivity index (χ2n) is 8.70. The zero-order valence-corrected chi connectivity index (χ0v) is 17.0. The van der Waals surface area contributed by atoms with E-state index in [4.69, 9.17) is 4.74 Å². The Hall–Kier alpha value is -2.05. The molecule has 1 aromatic heterocycles. The van der Waals surface area contributed by atoms with Gasteiger partial charge in [-0.1, -0.05) is 0 Å². The highest BCUT2D eigenvalue weighted by molar-refractivity contribution is 5.94. The number of ether oxygens (including phenoxy) is 1. The third-order valence-corrected chi connectivity index (χ3v) is 4.62. The Morgan fingerprint density at radius 1 is 1.27 bits per heavy atom. The number of aryl methyl sites for hydroxylation is 1. The van der Waals surface area contributed by atoms with Crippen LogP contribution in [0.15, 0.2) is 6.20 Å². The summed E-state index contributed by atoms with van der Waals surface area (Å²) in [6, 6.07) is 0.117. The number of rotatable bonds is 3. The SMILES string of the molecule is Cc1cnn(C(C)C)c1C(=O)NC1(C)CCN(C(=O)OC(C)(C)C)CC1. The van der Waals surface area contributed by atoms with Gasteiger partial charge in [0, 0.05) is 24.7 Å². The summed E-state index contributed by atoms with van der Waals surface area (Å²) in [7, 11) is 0. The number of nitrogens with one attached hydrogen (secondary N) is 1. The maximum absolute atomic E-state index is 12.9. The second-order valence-corrected chi connectivity index (χ2v) is 8.70. The van der Waals surface area contributed by atoms with Gasteiger partial charge in [0.05, 0.1) is 6.20 Å². The number of piperidine rings is 1. The molecule has 0 bridgehead atoms. The minimum Gasteiger partial charge on any atom is -0.444 e. The van der Waals surface area contributed by atoms with Crippen molar-refractivity contribution in [2.24, 2.45) is 0 Å². The molecule has 0 aliphatic carbocycles. The van der Waals surface area contributed by atoms with Crippen molar-refractivity contribution in [3.05, 3.63) is 17.5 Å². The van der Waals surface area contributed by atoms with Crippen LogP contribution in [0.3, 0.4) is 0 Å². The molecule has 1 fully saturated rings. The van der Waals surface area contributed by atoms with E-state index in [0.717, 1.165) is 5.56 Å². The Bertz CT molecular complexity index is 665. The van der Waals surface area contributed by atoms with E-state index in [0.29, 0.717) is 31.6 Å². The van der Waals surface area contributed by atoms with Crippen LogP contribution < -0.4 is 5.32 Å². The maximum Gasteiger partial charge on any atom is 0.410 e. The molecule has 26 heavy (non-hydrogen) atoms. The fourth-order valence-corrected chi connectivity index (χ4v) is 3.09. The Labute approximate surface area is 156 Å². The molecular formula is C19H32N4O3. The molecule has 1 saturated heterocycles. The summed E-state index contributed by atoms with van der Waals surface area (Å²) in [5.41, 5.74) is 0.620. The molecule has 1 aliphatic heterocycles. The minimum absolute atomic E-state index is 0.109. The molecule has 0 saturated carbocycles. The summed E-state index contributed by atoms with van der Waals surface area (Å²) in [6.45, 7) is 14.6. The highest BCUT2D eigenvalue weighted by atomic mass is 16.6. The Balaban J connectivity index is 2.00. The van der Waals surface area contributed by atoms with E-state index in [9.17, 15) is 9.59 Å². The number of hydrogen-bond donors (Lipinski definition) is 1. The molecule has 0 atom stereocenters. The van der Waals surface area contributed by atoms with E-state index >= 15 is 0 Å².